The molecule has 0 N–H and O–H groups in total. The molecule has 0 aliphatic carbocycles. The van der Waals surface area contributed by atoms with Gasteiger partial charge in [-0.15, -0.1) is 6.58 Å². The number of carbonyl (C=O) groups excluding carboxylic acids is 2. The predicted molar refractivity (Wildman–Crippen MR) is 144 cm³/mol. The Kier molecular flexibility index (Phi) is 8.13. The third-order valence-corrected chi connectivity index (χ3v) is 6.50. The van der Waals surface area contributed by atoms with Crippen LogP contribution in [0.3, 0.4) is 0 Å². The van der Waals surface area contributed by atoms with E-state index in [0.29, 0.717) is 36.3 Å². The number of fused-ring (bicyclic) bond motifs is 1. The summed E-state index contributed by atoms with van der Waals surface area (Å²) in [6.45, 7) is 8.29. The number of hydrogen-bond acceptors (Lipinski definition) is 5. The smallest absolute Gasteiger partial charge is 0.306 e. The molecule has 0 fully saturated rings. The van der Waals surface area contributed by atoms with Gasteiger partial charge in [0.05, 0.1) is 17.5 Å². The van der Waals surface area contributed by atoms with Crippen molar-refractivity contribution in [2.45, 2.75) is 46.2 Å². The van der Waals surface area contributed by atoms with E-state index in [1.165, 1.54) is 0 Å². The quantitative estimate of drug-likeness (QED) is 0.172. The number of benzene rings is 2. The van der Waals surface area contributed by atoms with Crippen LogP contribution in [0.2, 0.25) is 0 Å². The molecular formula is C30H31N3O4. The van der Waals surface area contributed by atoms with Crippen molar-refractivity contribution in [2.24, 2.45) is 0 Å². The van der Waals surface area contributed by atoms with Crippen LogP contribution in [-0.2, 0) is 35.5 Å². The number of ketones is 1. The fourth-order valence-electron chi connectivity index (χ4n) is 4.53. The number of allylic oxidation sites excluding steroid dienone is 1. The number of hydrogen-bond donors (Lipinski definition) is 0. The van der Waals surface area contributed by atoms with Gasteiger partial charge < -0.3 is 13.9 Å². The Morgan fingerprint density at radius 3 is 2.49 bits per heavy atom. The van der Waals surface area contributed by atoms with Crippen molar-refractivity contribution in [3.8, 4) is 0 Å². The second-order valence-electron chi connectivity index (χ2n) is 9.01. The first kappa shape index (κ1) is 25.8. The third kappa shape index (κ3) is 5.94. The zero-order chi connectivity index (χ0) is 26.4. The van der Waals surface area contributed by atoms with Crippen molar-refractivity contribution in [3.05, 3.63) is 112 Å². The van der Waals surface area contributed by atoms with Crippen LogP contribution < -0.4 is 5.56 Å². The molecule has 190 valence electrons. The molecule has 4 aromatic rings. The molecule has 0 saturated carbocycles. The van der Waals surface area contributed by atoms with Gasteiger partial charge >= 0.3 is 5.97 Å². The number of rotatable bonds is 11. The standard InChI is InChI=1S/C30H31N3O4/c1-4-17-32-21(2)19-24(22(32)3)28(34)20-37-29(35)15-14-26-30(36)33(18-16-23-10-6-5-7-11-23)27-13-9-8-12-25(27)31-26/h4-13,19H,1,14-18,20H2,2-3H3. The molecule has 2 aromatic carbocycles. The Morgan fingerprint density at radius 2 is 1.73 bits per heavy atom. The van der Waals surface area contributed by atoms with Gasteiger partial charge in [0.25, 0.3) is 5.56 Å². The summed E-state index contributed by atoms with van der Waals surface area (Å²) in [4.78, 5) is 42.9. The van der Waals surface area contributed by atoms with Gasteiger partial charge in [-0.2, -0.15) is 0 Å². The number of nitrogens with zero attached hydrogens (tertiary/aromatic N) is 3. The van der Waals surface area contributed by atoms with Crippen LogP contribution in [0.1, 0.15) is 39.4 Å². The lowest BCUT2D eigenvalue weighted by Gasteiger charge is -2.12. The zero-order valence-electron chi connectivity index (χ0n) is 21.3. The molecule has 0 amide bonds. The van der Waals surface area contributed by atoms with Gasteiger partial charge in [0.2, 0.25) is 5.78 Å². The minimum atomic E-state index is -0.543. The van der Waals surface area contributed by atoms with Crippen LogP contribution in [0.5, 0.6) is 0 Å². The molecule has 7 nitrogen and oxygen atoms in total. The topological polar surface area (TPSA) is 83.2 Å². The van der Waals surface area contributed by atoms with Crippen LogP contribution in [-0.4, -0.2) is 32.5 Å². The van der Waals surface area contributed by atoms with Crippen LogP contribution in [0.4, 0.5) is 0 Å². The third-order valence-electron chi connectivity index (χ3n) is 6.50. The van der Waals surface area contributed by atoms with Crippen LogP contribution in [0, 0.1) is 13.8 Å². The SMILES string of the molecule is C=CCn1c(C)cc(C(=O)COC(=O)CCc2nc3ccccc3n(CCc3ccccc3)c2=O)c1C. The number of ether oxygens (including phenoxy) is 1. The molecule has 2 aromatic heterocycles. The van der Waals surface area contributed by atoms with Gasteiger partial charge in [-0.3, -0.25) is 14.4 Å². The molecule has 2 heterocycles. The van der Waals surface area contributed by atoms with Crippen molar-refractivity contribution in [1.29, 1.82) is 0 Å². The van der Waals surface area contributed by atoms with Crippen molar-refractivity contribution < 1.29 is 14.3 Å². The number of esters is 1. The second kappa shape index (κ2) is 11.6. The number of Topliss-reactive ketones (excluding diaryl/α,β-unsaturated/α-hetero) is 1. The highest BCUT2D eigenvalue weighted by Gasteiger charge is 2.18. The van der Waals surface area contributed by atoms with Gasteiger partial charge in [-0.1, -0.05) is 48.5 Å². The lowest BCUT2D eigenvalue weighted by Crippen LogP contribution is -2.27. The summed E-state index contributed by atoms with van der Waals surface area (Å²) in [6, 6.07) is 19.3. The van der Waals surface area contributed by atoms with E-state index in [-0.39, 0.29) is 30.8 Å². The fourth-order valence-corrected chi connectivity index (χ4v) is 4.53. The average Bonchev–Trinajstić information content (AvgIpc) is 3.19. The van der Waals surface area contributed by atoms with E-state index >= 15 is 0 Å². The molecule has 7 heteroatoms. The zero-order valence-corrected chi connectivity index (χ0v) is 21.3. The van der Waals surface area contributed by atoms with E-state index in [9.17, 15) is 14.4 Å². The monoisotopic (exact) mass is 497 g/mol. The molecule has 0 atom stereocenters. The molecule has 0 aliphatic heterocycles. The summed E-state index contributed by atoms with van der Waals surface area (Å²) >= 11 is 0. The van der Waals surface area contributed by atoms with E-state index in [0.717, 1.165) is 22.5 Å². The Hall–Kier alpha value is -4.26. The summed E-state index contributed by atoms with van der Waals surface area (Å²) in [5.74, 6) is -0.803. The molecule has 0 spiro atoms. The maximum atomic E-state index is 13.3. The van der Waals surface area contributed by atoms with E-state index in [4.69, 9.17) is 4.74 Å². The molecule has 0 radical (unpaired) electrons. The summed E-state index contributed by atoms with van der Waals surface area (Å²) in [7, 11) is 0. The van der Waals surface area contributed by atoms with Gasteiger partial charge in [-0.25, -0.2) is 4.98 Å². The molecule has 0 aliphatic rings. The Balaban J connectivity index is 1.43. The van der Waals surface area contributed by atoms with Crippen LogP contribution in [0.15, 0.2) is 78.1 Å². The normalized spacial score (nSPS) is 11.0. The maximum absolute atomic E-state index is 13.3. The highest BCUT2D eigenvalue weighted by atomic mass is 16.5. The fraction of sp³-hybridized carbons (Fsp3) is 0.267. The first-order valence-electron chi connectivity index (χ1n) is 12.4. The molecule has 0 bridgehead atoms. The first-order valence-corrected chi connectivity index (χ1v) is 12.4. The van der Waals surface area contributed by atoms with Crippen molar-refractivity contribution in [2.75, 3.05) is 6.61 Å². The number of para-hydroxylation sites is 2. The van der Waals surface area contributed by atoms with Crippen molar-refractivity contribution >= 4 is 22.8 Å². The van der Waals surface area contributed by atoms with E-state index in [2.05, 4.69) is 11.6 Å². The minimum Gasteiger partial charge on any atom is -0.457 e. The second-order valence-corrected chi connectivity index (χ2v) is 9.01. The number of aromatic nitrogens is 3. The minimum absolute atomic E-state index is 0.0397. The largest absolute Gasteiger partial charge is 0.457 e. The molecule has 37 heavy (non-hydrogen) atoms. The Bertz CT molecular complexity index is 1500. The summed E-state index contributed by atoms with van der Waals surface area (Å²) in [5, 5.41) is 0. The van der Waals surface area contributed by atoms with E-state index < -0.39 is 5.97 Å². The van der Waals surface area contributed by atoms with Crippen molar-refractivity contribution in [1.82, 2.24) is 14.1 Å². The van der Waals surface area contributed by atoms with E-state index in [1.54, 1.807) is 16.7 Å². The average molecular weight is 498 g/mol. The molecule has 0 unspecified atom stereocenters. The molecule has 0 saturated heterocycles. The Morgan fingerprint density at radius 1 is 1.00 bits per heavy atom. The summed E-state index contributed by atoms with van der Waals surface area (Å²) < 4.78 is 8.96. The number of carbonyl (C=O) groups is 2. The van der Waals surface area contributed by atoms with Crippen molar-refractivity contribution in [3.63, 3.8) is 0 Å². The highest BCUT2D eigenvalue weighted by Crippen LogP contribution is 2.16. The first-order chi connectivity index (χ1) is 17.9. The lowest BCUT2D eigenvalue weighted by atomic mass is 10.1. The van der Waals surface area contributed by atoms with Gasteiger partial charge in [0.15, 0.2) is 6.61 Å². The lowest BCUT2D eigenvalue weighted by molar-refractivity contribution is -0.142. The summed E-state index contributed by atoms with van der Waals surface area (Å²) in [5.41, 5.74) is 4.97. The molecule has 4 rings (SSSR count). The van der Waals surface area contributed by atoms with Gasteiger partial charge in [0, 0.05) is 36.5 Å². The van der Waals surface area contributed by atoms with E-state index in [1.807, 2.05) is 73.0 Å². The predicted octanol–water partition coefficient (Wildman–Crippen LogP) is 4.60. The number of aryl methyl sites for hydroxylation is 4. The molecular weight excluding hydrogens is 466 g/mol. The maximum Gasteiger partial charge on any atom is 0.306 e. The summed E-state index contributed by atoms with van der Waals surface area (Å²) in [6.07, 6.45) is 2.56. The van der Waals surface area contributed by atoms with Gasteiger partial charge in [-0.05, 0) is 44.0 Å². The highest BCUT2D eigenvalue weighted by molar-refractivity contribution is 5.99. The van der Waals surface area contributed by atoms with Gasteiger partial charge in [0.1, 0.15) is 5.69 Å². The Labute approximate surface area is 216 Å². The van der Waals surface area contributed by atoms with Crippen LogP contribution in [0.25, 0.3) is 11.0 Å². The van der Waals surface area contributed by atoms with Crippen LogP contribution >= 0.6 is 0 Å².